The first-order chi connectivity index (χ1) is 14.2. The van der Waals surface area contributed by atoms with Crippen LogP contribution in [0.15, 0.2) is 31.0 Å². The van der Waals surface area contributed by atoms with Crippen LogP contribution in [0.4, 0.5) is 24.8 Å². The fourth-order valence-electron chi connectivity index (χ4n) is 3.49. The normalized spacial score (nSPS) is 28.0. The Labute approximate surface area is 170 Å². The Kier molecular flexibility index (Phi) is 5.47. The predicted octanol–water partition coefficient (Wildman–Crippen LogP) is 2.10. The molecule has 12 heteroatoms. The van der Waals surface area contributed by atoms with Crippen molar-refractivity contribution in [3.63, 3.8) is 0 Å². The molecule has 0 saturated carbocycles. The second kappa shape index (κ2) is 7.93. The van der Waals surface area contributed by atoms with Gasteiger partial charge in [-0.1, -0.05) is 0 Å². The van der Waals surface area contributed by atoms with Crippen LogP contribution < -0.4 is 10.6 Å². The molecule has 30 heavy (non-hydrogen) atoms. The summed E-state index contributed by atoms with van der Waals surface area (Å²) in [4.78, 5) is 15.4. The molecule has 2 aromatic heterocycles. The number of fused-ring (bicyclic) bond motifs is 1. The van der Waals surface area contributed by atoms with E-state index in [0.29, 0.717) is 18.6 Å². The molecule has 0 bridgehead atoms. The maximum atomic E-state index is 12.9. The number of hydrogen-bond donors (Lipinski definition) is 2. The molecule has 9 nitrogen and oxygen atoms in total. The first-order valence-corrected chi connectivity index (χ1v) is 9.34. The summed E-state index contributed by atoms with van der Waals surface area (Å²) in [7, 11) is 0. The second-order valence-electron chi connectivity index (χ2n) is 7.45. The Bertz CT molecular complexity index is 870. The Morgan fingerprint density at radius 3 is 2.57 bits per heavy atom. The average molecular weight is 426 g/mol. The fraction of sp³-hybridized carbons (Fsp3) is 0.556. The monoisotopic (exact) mass is 426 g/mol. The lowest BCUT2D eigenvalue weighted by Gasteiger charge is -2.37. The van der Waals surface area contributed by atoms with Crippen LogP contribution in [0.25, 0.3) is 0 Å². The fourth-order valence-corrected chi connectivity index (χ4v) is 3.49. The van der Waals surface area contributed by atoms with E-state index in [0.717, 1.165) is 0 Å². The van der Waals surface area contributed by atoms with Crippen LogP contribution in [0.2, 0.25) is 0 Å². The van der Waals surface area contributed by atoms with Gasteiger partial charge in [-0.05, 0) is 13.8 Å². The van der Waals surface area contributed by atoms with Crippen LogP contribution in [0, 0.1) is 0 Å². The summed E-state index contributed by atoms with van der Waals surface area (Å²) in [5.41, 5.74) is -1.07. The van der Waals surface area contributed by atoms with Gasteiger partial charge in [0.15, 0.2) is 11.5 Å². The van der Waals surface area contributed by atoms with E-state index in [-0.39, 0.29) is 18.5 Å². The molecule has 2 aliphatic rings. The molecule has 0 aliphatic carbocycles. The summed E-state index contributed by atoms with van der Waals surface area (Å²) in [6.45, 7) is 4.14. The molecule has 2 aromatic rings. The molecule has 2 N–H and O–H groups in total. The number of hydrogen-bond acceptors (Lipinski definition) is 9. The molecular weight excluding hydrogens is 405 g/mol. The van der Waals surface area contributed by atoms with E-state index >= 15 is 0 Å². The number of rotatable bonds is 5. The van der Waals surface area contributed by atoms with Crippen molar-refractivity contribution in [3.8, 4) is 0 Å². The van der Waals surface area contributed by atoms with Crippen LogP contribution in [-0.2, 0) is 20.4 Å². The zero-order valence-electron chi connectivity index (χ0n) is 16.3. The third kappa shape index (κ3) is 4.60. The van der Waals surface area contributed by atoms with E-state index in [4.69, 9.17) is 14.2 Å². The predicted molar refractivity (Wildman–Crippen MR) is 98.5 cm³/mol. The minimum atomic E-state index is -4.58. The van der Waals surface area contributed by atoms with Gasteiger partial charge in [0.25, 0.3) is 0 Å². The Morgan fingerprint density at radius 2 is 1.83 bits per heavy atom. The van der Waals surface area contributed by atoms with Gasteiger partial charge in [0.1, 0.15) is 29.9 Å². The molecule has 4 heterocycles. The van der Waals surface area contributed by atoms with Crippen LogP contribution >= 0.6 is 0 Å². The van der Waals surface area contributed by atoms with Gasteiger partial charge in [-0.2, -0.15) is 13.2 Å². The van der Waals surface area contributed by atoms with Crippen LogP contribution in [0.1, 0.15) is 19.5 Å². The van der Waals surface area contributed by atoms with E-state index < -0.39 is 35.9 Å². The van der Waals surface area contributed by atoms with Crippen LogP contribution in [0.3, 0.4) is 0 Å². The molecule has 4 atom stereocenters. The maximum Gasteiger partial charge on any atom is 0.434 e. The number of nitrogens with zero attached hydrogens (tertiary/aromatic N) is 4. The Balaban J connectivity index is 1.47. The summed E-state index contributed by atoms with van der Waals surface area (Å²) in [5.74, 6) is -0.287. The lowest BCUT2D eigenvalue weighted by atomic mass is 9.98. The zero-order valence-corrected chi connectivity index (χ0v) is 16.3. The minimum Gasteiger partial charge on any atom is -0.371 e. The summed E-state index contributed by atoms with van der Waals surface area (Å²) < 4.78 is 56.8. The highest BCUT2D eigenvalue weighted by Crippen LogP contribution is 2.36. The van der Waals surface area contributed by atoms with E-state index in [2.05, 4.69) is 30.6 Å². The van der Waals surface area contributed by atoms with E-state index in [1.807, 2.05) is 0 Å². The summed E-state index contributed by atoms with van der Waals surface area (Å²) in [5, 5.41) is 6.09. The smallest absolute Gasteiger partial charge is 0.371 e. The van der Waals surface area contributed by atoms with Gasteiger partial charge in [0.05, 0.1) is 31.2 Å². The van der Waals surface area contributed by atoms with Crippen LogP contribution in [-0.4, -0.2) is 63.2 Å². The van der Waals surface area contributed by atoms with E-state index in [9.17, 15) is 13.2 Å². The Morgan fingerprint density at radius 1 is 1.07 bits per heavy atom. The second-order valence-corrected chi connectivity index (χ2v) is 7.45. The highest BCUT2D eigenvalue weighted by molar-refractivity contribution is 5.35. The third-order valence-electron chi connectivity index (χ3n) is 4.72. The lowest BCUT2D eigenvalue weighted by Crippen LogP contribution is -2.56. The molecule has 4 rings (SSSR count). The van der Waals surface area contributed by atoms with Crippen molar-refractivity contribution in [1.82, 2.24) is 19.9 Å². The van der Waals surface area contributed by atoms with Gasteiger partial charge in [-0.25, -0.2) is 9.97 Å². The molecule has 0 amide bonds. The molecular formula is C18H21F3N6O3. The summed E-state index contributed by atoms with van der Waals surface area (Å²) in [6, 6.07) is -0.470. The molecule has 0 spiro atoms. The lowest BCUT2D eigenvalue weighted by molar-refractivity contribution is -0.152. The van der Waals surface area contributed by atoms with Crippen molar-refractivity contribution < 1.29 is 27.4 Å². The van der Waals surface area contributed by atoms with E-state index in [1.165, 1.54) is 6.20 Å². The SMILES string of the molecule is CC1(C)O[C@@H]2[C@H](O1)[C@@H](Nc1cncc(C(F)(F)F)n1)CO[C@@H]2CNc1cnccn1. The topological polar surface area (TPSA) is 103 Å². The number of nitrogens with one attached hydrogen (secondary N) is 2. The number of alkyl halides is 3. The molecule has 2 aliphatic heterocycles. The van der Waals surface area contributed by atoms with Gasteiger partial charge in [-0.15, -0.1) is 0 Å². The van der Waals surface area contributed by atoms with Crippen molar-refractivity contribution in [3.05, 3.63) is 36.7 Å². The molecule has 2 fully saturated rings. The average Bonchev–Trinajstić information content (AvgIpc) is 3.03. The van der Waals surface area contributed by atoms with Gasteiger partial charge in [0.2, 0.25) is 0 Å². The molecule has 0 aromatic carbocycles. The first-order valence-electron chi connectivity index (χ1n) is 9.34. The van der Waals surface area contributed by atoms with Crippen molar-refractivity contribution in [2.24, 2.45) is 0 Å². The highest BCUT2D eigenvalue weighted by atomic mass is 19.4. The minimum absolute atomic E-state index is 0.0124. The number of ether oxygens (including phenoxy) is 3. The molecule has 162 valence electrons. The maximum absolute atomic E-state index is 12.9. The quantitative estimate of drug-likeness (QED) is 0.744. The van der Waals surface area contributed by atoms with Gasteiger partial charge < -0.3 is 24.8 Å². The number of halogens is 3. The van der Waals surface area contributed by atoms with E-state index in [1.54, 1.807) is 32.4 Å². The number of aromatic nitrogens is 4. The van der Waals surface area contributed by atoms with Crippen molar-refractivity contribution in [1.29, 1.82) is 0 Å². The Hall–Kier alpha value is -2.57. The van der Waals surface area contributed by atoms with Crippen LogP contribution in [0.5, 0.6) is 0 Å². The zero-order chi connectivity index (χ0) is 21.4. The summed E-state index contributed by atoms with van der Waals surface area (Å²) in [6.07, 6.45) is 0.792. The van der Waals surface area contributed by atoms with Gasteiger partial charge in [-0.3, -0.25) is 9.97 Å². The largest absolute Gasteiger partial charge is 0.434 e. The van der Waals surface area contributed by atoms with Gasteiger partial charge >= 0.3 is 6.18 Å². The first kappa shape index (κ1) is 20.7. The molecule has 0 radical (unpaired) electrons. The van der Waals surface area contributed by atoms with Crippen molar-refractivity contribution in [2.45, 2.75) is 50.2 Å². The number of anilines is 2. The third-order valence-corrected chi connectivity index (χ3v) is 4.72. The summed E-state index contributed by atoms with van der Waals surface area (Å²) >= 11 is 0. The van der Waals surface area contributed by atoms with Crippen molar-refractivity contribution >= 4 is 11.6 Å². The standard InChI is InChI=1S/C18H21F3N6O3/c1-17(2)29-15-10(26-14-8-23-6-12(27-14)18(19,20)21)9-28-11(16(15)30-17)5-25-13-7-22-3-4-24-13/h3-4,6-8,10-11,15-16H,5,9H2,1-2H3,(H,24,25)(H,26,27)/t10-,11+,15+,16-/m0/s1. The highest BCUT2D eigenvalue weighted by Gasteiger charge is 2.52. The molecule has 2 saturated heterocycles. The molecule has 0 unspecified atom stereocenters. The van der Waals surface area contributed by atoms with Crippen molar-refractivity contribution in [2.75, 3.05) is 23.8 Å². The van der Waals surface area contributed by atoms with Gasteiger partial charge in [0, 0.05) is 18.9 Å².